The molecule has 0 spiro atoms. The number of hydrogen-bond donors (Lipinski definition) is 2. The topological polar surface area (TPSA) is 137 Å². The average molecular weight is 544 g/mol. The molecule has 206 valence electrons. The summed E-state index contributed by atoms with van der Waals surface area (Å²) in [4.78, 5) is 61.7. The summed E-state index contributed by atoms with van der Waals surface area (Å²) in [6.45, 7) is 3.54. The van der Waals surface area contributed by atoms with Gasteiger partial charge in [-0.1, -0.05) is 0 Å². The van der Waals surface area contributed by atoms with E-state index in [-0.39, 0.29) is 41.1 Å². The third-order valence-electron chi connectivity index (χ3n) is 7.86. The Morgan fingerprint density at radius 2 is 1.90 bits per heavy atom. The van der Waals surface area contributed by atoms with Gasteiger partial charge in [0, 0.05) is 36.9 Å². The van der Waals surface area contributed by atoms with Crippen molar-refractivity contribution in [1.82, 2.24) is 14.8 Å². The van der Waals surface area contributed by atoms with Crippen molar-refractivity contribution in [2.24, 2.45) is 4.99 Å². The molecule has 0 radical (unpaired) electrons. The molecule has 0 bridgehead atoms. The maximum atomic E-state index is 13.4. The molecule has 40 heavy (non-hydrogen) atoms. The van der Waals surface area contributed by atoms with E-state index >= 15 is 0 Å². The number of rotatable bonds is 4. The van der Waals surface area contributed by atoms with E-state index in [9.17, 15) is 19.2 Å². The van der Waals surface area contributed by atoms with Crippen LogP contribution in [0.15, 0.2) is 56.2 Å². The predicted octanol–water partition coefficient (Wildman–Crippen LogP) is 3.08. The maximum Gasteiger partial charge on any atom is 0.417 e. The molecule has 1 saturated heterocycles. The lowest BCUT2D eigenvalue weighted by atomic mass is 9.95. The summed E-state index contributed by atoms with van der Waals surface area (Å²) in [5.41, 5.74) is 3.66. The van der Waals surface area contributed by atoms with Crippen molar-refractivity contribution >= 4 is 40.2 Å². The molecule has 3 aliphatic rings. The molecule has 11 nitrogen and oxygen atoms in total. The number of methoxy groups -OCH3 is 1. The minimum atomic E-state index is -0.601. The molecule has 2 amide bonds. The molecule has 0 unspecified atom stereocenters. The number of amides is 2. The number of dihydropyridines is 1. The van der Waals surface area contributed by atoms with Gasteiger partial charge in [0.2, 0.25) is 0 Å². The van der Waals surface area contributed by atoms with E-state index in [2.05, 4.69) is 20.2 Å². The molecule has 6 rings (SSSR count). The van der Waals surface area contributed by atoms with Crippen LogP contribution in [0.3, 0.4) is 0 Å². The van der Waals surface area contributed by atoms with E-state index in [0.717, 1.165) is 36.3 Å². The molecule has 3 aromatic rings. The van der Waals surface area contributed by atoms with Crippen LogP contribution in [0, 0.1) is 6.92 Å². The van der Waals surface area contributed by atoms with Gasteiger partial charge in [0.25, 0.3) is 0 Å². The number of nitrogens with zero attached hydrogens (tertiary/aromatic N) is 3. The number of benzene rings is 2. The van der Waals surface area contributed by atoms with Crippen molar-refractivity contribution < 1.29 is 23.5 Å². The molecule has 3 aliphatic heterocycles. The van der Waals surface area contributed by atoms with Crippen LogP contribution in [0.4, 0.5) is 10.5 Å². The van der Waals surface area contributed by atoms with Crippen LogP contribution < -0.4 is 15.8 Å². The van der Waals surface area contributed by atoms with Crippen molar-refractivity contribution in [3.05, 3.63) is 69.2 Å². The number of carbonyl (C=O) groups is 3. The van der Waals surface area contributed by atoms with Crippen molar-refractivity contribution in [3.63, 3.8) is 0 Å². The fourth-order valence-corrected chi connectivity index (χ4v) is 5.70. The normalized spacial score (nSPS) is 18.1. The molecule has 0 saturated carbocycles. The number of H-pyrrole nitrogens is 1. The highest BCUT2D eigenvalue weighted by Gasteiger charge is 2.32. The monoisotopic (exact) mass is 543 g/mol. The summed E-state index contributed by atoms with van der Waals surface area (Å²) in [6, 6.07) is 8.75. The Morgan fingerprint density at radius 3 is 2.67 bits per heavy atom. The first-order valence-corrected chi connectivity index (χ1v) is 13.3. The number of nitrogens with one attached hydrogen (secondary N) is 2. The Kier molecular flexibility index (Phi) is 6.49. The number of aliphatic imine (C=N–C) groups is 1. The number of aryl methyl sites for hydroxylation is 1. The lowest BCUT2D eigenvalue weighted by molar-refractivity contribution is -0.114. The van der Waals surface area contributed by atoms with Gasteiger partial charge in [-0.05, 0) is 73.7 Å². The van der Waals surface area contributed by atoms with Gasteiger partial charge in [-0.25, -0.2) is 9.59 Å². The molecule has 4 heterocycles. The molecule has 11 heteroatoms. The lowest BCUT2D eigenvalue weighted by Gasteiger charge is -2.39. The van der Waals surface area contributed by atoms with Gasteiger partial charge in [-0.2, -0.15) is 0 Å². The summed E-state index contributed by atoms with van der Waals surface area (Å²) >= 11 is 0. The average Bonchev–Trinajstić information content (AvgIpc) is 3.26. The Balaban J connectivity index is 1.14. The molecule has 1 aromatic heterocycles. The fraction of sp³-hybridized carbons (Fsp3) is 0.345. The van der Waals surface area contributed by atoms with Gasteiger partial charge >= 0.3 is 11.8 Å². The maximum absolute atomic E-state index is 13.4. The second-order valence-corrected chi connectivity index (χ2v) is 10.3. The van der Waals surface area contributed by atoms with Crippen LogP contribution in [0.1, 0.15) is 34.3 Å². The third-order valence-corrected chi connectivity index (χ3v) is 7.86. The summed E-state index contributed by atoms with van der Waals surface area (Å²) in [5.74, 6) is -0.0323. The van der Waals surface area contributed by atoms with Gasteiger partial charge < -0.3 is 24.3 Å². The number of anilines is 1. The van der Waals surface area contributed by atoms with Crippen LogP contribution in [0.5, 0.6) is 5.75 Å². The fourth-order valence-electron chi connectivity index (χ4n) is 5.70. The zero-order chi connectivity index (χ0) is 28.0. The van der Waals surface area contributed by atoms with Gasteiger partial charge in [0.05, 0.1) is 18.2 Å². The Labute approximate surface area is 229 Å². The number of urea groups is 1. The van der Waals surface area contributed by atoms with Gasteiger partial charge in [0.1, 0.15) is 18.1 Å². The van der Waals surface area contributed by atoms with Crippen LogP contribution in [0.2, 0.25) is 0 Å². The standard InChI is InChI=1S/C29H29N5O6/c1-16-11-18(13-24-26(16)32-29(38)40-24)27(36)21-14-25(30-15-23(21)35)33-8-6-19(7-9-33)34-10-5-17-12-20(39-2)3-4-22(17)31-28(34)37/h3-4,11-14,19H,5-10,15H2,1-2H3,(H,31,37)(H,32,38). The van der Waals surface area contributed by atoms with Crippen molar-refractivity contribution in [2.45, 2.75) is 32.2 Å². The number of carbonyl (C=O) groups excluding carboxylic acids is 3. The summed E-state index contributed by atoms with van der Waals surface area (Å²) < 4.78 is 10.5. The first-order chi connectivity index (χ1) is 19.3. The smallest absolute Gasteiger partial charge is 0.417 e. The Hall–Kier alpha value is -4.67. The number of aromatic nitrogens is 1. The number of Topliss-reactive ketones (excluding diaryl/α,β-unsaturated/α-hetero) is 2. The first kappa shape index (κ1) is 25.6. The molecule has 0 aliphatic carbocycles. The van der Waals surface area contributed by atoms with Crippen LogP contribution >= 0.6 is 0 Å². The van der Waals surface area contributed by atoms with E-state index in [4.69, 9.17) is 9.15 Å². The van der Waals surface area contributed by atoms with Crippen molar-refractivity contribution in [2.75, 3.05) is 38.6 Å². The summed E-state index contributed by atoms with van der Waals surface area (Å²) in [5, 5.41) is 3.03. The molecule has 2 aromatic carbocycles. The number of ether oxygens (including phenoxy) is 1. The summed E-state index contributed by atoms with van der Waals surface area (Å²) in [6.07, 6.45) is 3.76. The van der Waals surface area contributed by atoms with Crippen LogP contribution in [-0.4, -0.2) is 77.5 Å². The van der Waals surface area contributed by atoms with E-state index in [0.29, 0.717) is 36.6 Å². The number of likely N-dealkylation sites (tertiary alicyclic amines) is 1. The van der Waals surface area contributed by atoms with Crippen molar-refractivity contribution in [3.8, 4) is 5.75 Å². The van der Waals surface area contributed by atoms with Crippen LogP contribution in [-0.2, 0) is 11.2 Å². The van der Waals surface area contributed by atoms with Crippen LogP contribution in [0.25, 0.3) is 11.1 Å². The molecule has 1 fully saturated rings. The molecule has 2 N–H and O–H groups in total. The van der Waals surface area contributed by atoms with E-state index in [1.54, 1.807) is 26.2 Å². The number of fused-ring (bicyclic) bond motifs is 2. The van der Waals surface area contributed by atoms with Gasteiger partial charge in [0.15, 0.2) is 17.1 Å². The number of piperidine rings is 1. The largest absolute Gasteiger partial charge is 0.497 e. The number of oxazole rings is 1. The molecular formula is C29H29N5O6. The summed E-state index contributed by atoms with van der Waals surface area (Å²) in [7, 11) is 1.63. The van der Waals surface area contributed by atoms with Gasteiger partial charge in [-0.3, -0.25) is 19.6 Å². The number of ketones is 2. The first-order valence-electron chi connectivity index (χ1n) is 13.3. The molecular weight excluding hydrogens is 514 g/mol. The lowest BCUT2D eigenvalue weighted by Crippen LogP contribution is -2.50. The van der Waals surface area contributed by atoms with E-state index < -0.39 is 11.5 Å². The third kappa shape index (κ3) is 4.67. The predicted molar refractivity (Wildman–Crippen MR) is 148 cm³/mol. The minimum Gasteiger partial charge on any atom is -0.497 e. The SMILES string of the molecule is COc1ccc2c(c1)CCN(C1CCN(C3=NCC(=O)C(C(=O)c4cc(C)c5[nH]c(=O)oc5c4)=C3)CC1)C(=O)N2. The van der Waals surface area contributed by atoms with E-state index in [1.165, 1.54) is 6.07 Å². The van der Waals surface area contributed by atoms with Gasteiger partial charge in [-0.15, -0.1) is 0 Å². The van der Waals surface area contributed by atoms with Crippen molar-refractivity contribution in [1.29, 1.82) is 0 Å². The highest BCUT2D eigenvalue weighted by Crippen LogP contribution is 2.28. The second-order valence-electron chi connectivity index (χ2n) is 10.3. The highest BCUT2D eigenvalue weighted by molar-refractivity contribution is 6.30. The molecule has 0 atom stereocenters. The Morgan fingerprint density at radius 1 is 1.10 bits per heavy atom. The second kappa shape index (κ2) is 10.1. The zero-order valence-electron chi connectivity index (χ0n) is 22.3. The number of hydrogen-bond acceptors (Lipinski definition) is 8. The number of amidine groups is 1. The Bertz CT molecular complexity index is 1660. The minimum absolute atomic E-state index is 0.0591. The van der Waals surface area contributed by atoms with E-state index in [1.807, 2.05) is 23.1 Å². The quantitative estimate of drug-likeness (QED) is 0.381. The zero-order valence-corrected chi connectivity index (χ0v) is 22.3. The highest BCUT2D eigenvalue weighted by atomic mass is 16.5. The number of aromatic amines is 1.